The summed E-state index contributed by atoms with van der Waals surface area (Å²) in [6.45, 7) is 8.30. The second kappa shape index (κ2) is 4.07. The van der Waals surface area contributed by atoms with Gasteiger partial charge in [0.1, 0.15) is 0 Å². The molecule has 2 heterocycles. The fourth-order valence-corrected chi connectivity index (χ4v) is 0.586. The van der Waals surface area contributed by atoms with Gasteiger partial charge in [0.25, 0.3) is 0 Å². The second-order valence-corrected chi connectivity index (χ2v) is 3.09. The van der Waals surface area contributed by atoms with Gasteiger partial charge in [-0.2, -0.15) is 0 Å². The van der Waals surface area contributed by atoms with E-state index in [1.807, 2.05) is 0 Å². The predicted octanol–water partition coefficient (Wildman–Crippen LogP) is 2.22. The van der Waals surface area contributed by atoms with E-state index in [0.29, 0.717) is 24.4 Å². The molecular weight excluding hydrogens is 140 g/mol. The molecule has 2 heteroatoms. The summed E-state index contributed by atoms with van der Waals surface area (Å²) in [7, 11) is 0. The Bertz CT molecular complexity index is 88.1. The molecule has 0 aromatic rings. The normalized spacial score (nSPS) is 44.7. The summed E-state index contributed by atoms with van der Waals surface area (Å²) in [5, 5.41) is 0. The molecule has 2 aliphatic heterocycles. The Hall–Kier alpha value is -0.0800. The molecule has 0 spiro atoms. The standard InChI is InChI=1S/2C4H8O.CH4/c2*1-3-4(2)5-3;/h2*3-4H,1-2H3;1H4. The quantitative estimate of drug-likeness (QED) is 0.508. The van der Waals surface area contributed by atoms with Crippen LogP contribution < -0.4 is 0 Å². The van der Waals surface area contributed by atoms with Crippen molar-refractivity contribution in [3.63, 3.8) is 0 Å². The number of ether oxygens (including phenoxy) is 2. The van der Waals surface area contributed by atoms with Crippen LogP contribution in [0.5, 0.6) is 0 Å². The molecule has 4 unspecified atom stereocenters. The van der Waals surface area contributed by atoms with Crippen molar-refractivity contribution in [1.29, 1.82) is 0 Å². The van der Waals surface area contributed by atoms with Gasteiger partial charge in [-0.1, -0.05) is 7.43 Å². The fraction of sp³-hybridized carbons (Fsp3) is 1.00. The summed E-state index contributed by atoms with van der Waals surface area (Å²) < 4.78 is 9.83. The maximum Gasteiger partial charge on any atom is 0.0811 e. The fourth-order valence-electron chi connectivity index (χ4n) is 0.586. The molecule has 2 aliphatic rings. The molecule has 0 bridgehead atoms. The van der Waals surface area contributed by atoms with Crippen molar-refractivity contribution in [1.82, 2.24) is 0 Å². The van der Waals surface area contributed by atoms with E-state index in [-0.39, 0.29) is 7.43 Å². The summed E-state index contributed by atoms with van der Waals surface area (Å²) in [5.41, 5.74) is 0. The first-order valence-electron chi connectivity index (χ1n) is 3.92. The van der Waals surface area contributed by atoms with Gasteiger partial charge in [0.05, 0.1) is 24.4 Å². The van der Waals surface area contributed by atoms with E-state index in [9.17, 15) is 0 Å². The van der Waals surface area contributed by atoms with Gasteiger partial charge in [0.2, 0.25) is 0 Å². The van der Waals surface area contributed by atoms with E-state index in [0.717, 1.165) is 0 Å². The van der Waals surface area contributed by atoms with Gasteiger partial charge >= 0.3 is 0 Å². The van der Waals surface area contributed by atoms with Gasteiger partial charge in [0.15, 0.2) is 0 Å². The Morgan fingerprint density at radius 3 is 0.727 bits per heavy atom. The lowest BCUT2D eigenvalue weighted by Crippen LogP contribution is -1.74. The minimum Gasteiger partial charge on any atom is -0.370 e. The lowest BCUT2D eigenvalue weighted by atomic mass is 10.4. The maximum atomic E-state index is 4.92. The zero-order valence-electron chi connectivity index (χ0n) is 7.13. The first-order valence-corrected chi connectivity index (χ1v) is 3.92. The first-order chi connectivity index (χ1) is 4.61. The summed E-state index contributed by atoms with van der Waals surface area (Å²) in [4.78, 5) is 0. The first kappa shape index (κ1) is 10.9. The van der Waals surface area contributed by atoms with E-state index in [4.69, 9.17) is 9.47 Å². The van der Waals surface area contributed by atoms with Gasteiger partial charge in [-0.25, -0.2) is 0 Å². The van der Waals surface area contributed by atoms with Crippen LogP contribution in [0.25, 0.3) is 0 Å². The largest absolute Gasteiger partial charge is 0.370 e. The second-order valence-electron chi connectivity index (χ2n) is 3.09. The Morgan fingerprint density at radius 2 is 0.727 bits per heavy atom. The monoisotopic (exact) mass is 160 g/mol. The summed E-state index contributed by atoms with van der Waals surface area (Å²) in [6, 6.07) is 0. The van der Waals surface area contributed by atoms with Crippen molar-refractivity contribution in [2.24, 2.45) is 0 Å². The molecule has 0 radical (unpaired) electrons. The SMILES string of the molecule is C.CC1OC1C.CC1OC1C. The van der Waals surface area contributed by atoms with Gasteiger partial charge in [-0.05, 0) is 27.7 Å². The lowest BCUT2D eigenvalue weighted by molar-refractivity contribution is 0.388. The molecule has 0 aliphatic carbocycles. The van der Waals surface area contributed by atoms with Crippen LogP contribution in [0, 0.1) is 0 Å². The molecular formula is C9H20O2. The van der Waals surface area contributed by atoms with Crippen molar-refractivity contribution < 1.29 is 9.47 Å². The summed E-state index contributed by atoms with van der Waals surface area (Å²) in [5.74, 6) is 0. The number of epoxide rings is 2. The molecule has 2 nitrogen and oxygen atoms in total. The highest BCUT2D eigenvalue weighted by Gasteiger charge is 2.28. The van der Waals surface area contributed by atoms with Gasteiger partial charge in [0, 0.05) is 0 Å². The average molecular weight is 160 g/mol. The van der Waals surface area contributed by atoms with Crippen LogP contribution in [-0.2, 0) is 9.47 Å². The number of hydrogen-bond acceptors (Lipinski definition) is 2. The van der Waals surface area contributed by atoms with Crippen LogP contribution in [-0.4, -0.2) is 24.4 Å². The molecule has 0 N–H and O–H groups in total. The molecule has 2 saturated heterocycles. The van der Waals surface area contributed by atoms with Crippen LogP contribution >= 0.6 is 0 Å². The van der Waals surface area contributed by atoms with Gasteiger partial charge in [-0.15, -0.1) is 0 Å². The summed E-state index contributed by atoms with van der Waals surface area (Å²) in [6.07, 6.45) is 2.20. The molecule has 2 rings (SSSR count). The molecule has 0 aromatic carbocycles. The minimum atomic E-state index is 0. The highest BCUT2D eigenvalue weighted by atomic mass is 16.6. The molecule has 0 amide bonds. The summed E-state index contributed by atoms with van der Waals surface area (Å²) >= 11 is 0. The van der Waals surface area contributed by atoms with E-state index in [1.54, 1.807) is 0 Å². The smallest absolute Gasteiger partial charge is 0.0811 e. The van der Waals surface area contributed by atoms with Crippen LogP contribution in [0.4, 0.5) is 0 Å². The topological polar surface area (TPSA) is 25.1 Å². The molecule has 68 valence electrons. The van der Waals surface area contributed by atoms with Gasteiger partial charge < -0.3 is 9.47 Å². The molecule has 0 aromatic heterocycles. The molecule has 11 heavy (non-hydrogen) atoms. The lowest BCUT2D eigenvalue weighted by Gasteiger charge is -1.57. The van der Waals surface area contributed by atoms with Crippen molar-refractivity contribution in [2.75, 3.05) is 0 Å². The Morgan fingerprint density at radius 1 is 0.636 bits per heavy atom. The number of rotatable bonds is 0. The maximum absolute atomic E-state index is 4.92. The van der Waals surface area contributed by atoms with Crippen LogP contribution in [0.15, 0.2) is 0 Å². The van der Waals surface area contributed by atoms with Crippen LogP contribution in [0.3, 0.4) is 0 Å². The average Bonchev–Trinajstić information content (AvgIpc) is 2.62. The number of hydrogen-bond donors (Lipinski definition) is 0. The van der Waals surface area contributed by atoms with Gasteiger partial charge in [-0.3, -0.25) is 0 Å². The van der Waals surface area contributed by atoms with E-state index >= 15 is 0 Å². The molecule has 2 fully saturated rings. The van der Waals surface area contributed by atoms with Crippen molar-refractivity contribution >= 4 is 0 Å². The predicted molar refractivity (Wildman–Crippen MR) is 46.7 cm³/mol. The highest BCUT2D eigenvalue weighted by Crippen LogP contribution is 2.18. The van der Waals surface area contributed by atoms with E-state index < -0.39 is 0 Å². The molecule has 0 saturated carbocycles. The van der Waals surface area contributed by atoms with Crippen molar-refractivity contribution in [2.45, 2.75) is 59.5 Å². The zero-order chi connectivity index (χ0) is 7.72. The van der Waals surface area contributed by atoms with E-state index in [2.05, 4.69) is 27.7 Å². The third-order valence-electron chi connectivity index (χ3n) is 2.03. The zero-order valence-corrected chi connectivity index (χ0v) is 7.13. The van der Waals surface area contributed by atoms with Crippen molar-refractivity contribution in [3.05, 3.63) is 0 Å². The third kappa shape index (κ3) is 4.38. The Labute approximate surface area is 69.9 Å². The Kier molecular flexibility index (Phi) is 4.04. The van der Waals surface area contributed by atoms with Crippen LogP contribution in [0.1, 0.15) is 35.1 Å². The van der Waals surface area contributed by atoms with E-state index in [1.165, 1.54) is 0 Å². The highest BCUT2D eigenvalue weighted by molar-refractivity contribution is 4.73. The Balaban J connectivity index is 0.000000167. The minimum absolute atomic E-state index is 0. The third-order valence-corrected chi connectivity index (χ3v) is 2.03. The van der Waals surface area contributed by atoms with Crippen molar-refractivity contribution in [3.8, 4) is 0 Å². The molecule has 4 atom stereocenters. The van der Waals surface area contributed by atoms with Crippen LogP contribution in [0.2, 0.25) is 0 Å².